The molecule has 2 fully saturated rings. The average molecular weight is 253 g/mol. The first-order valence-electron chi connectivity index (χ1n) is 5.83. The molecular formula is C11H15N3O2S. The fourth-order valence-electron chi connectivity index (χ4n) is 2.95. The number of aliphatic hydroxyl groups excluding tert-OH is 1. The SMILES string of the molecule is Nc1nc(C(=O)N2CC3CCC(O)C3C2)cs1. The lowest BCUT2D eigenvalue weighted by atomic mass is 10.00. The van der Waals surface area contributed by atoms with Gasteiger partial charge in [-0.25, -0.2) is 4.98 Å². The van der Waals surface area contributed by atoms with Crippen molar-refractivity contribution in [3.05, 3.63) is 11.1 Å². The molecule has 1 amide bonds. The Bertz CT molecular complexity index is 448. The van der Waals surface area contributed by atoms with E-state index in [0.29, 0.717) is 23.3 Å². The number of amides is 1. The van der Waals surface area contributed by atoms with E-state index in [9.17, 15) is 9.90 Å². The Morgan fingerprint density at radius 2 is 2.35 bits per heavy atom. The quantitative estimate of drug-likeness (QED) is 0.767. The Kier molecular flexibility index (Phi) is 2.56. The molecule has 92 valence electrons. The summed E-state index contributed by atoms with van der Waals surface area (Å²) in [5.41, 5.74) is 5.96. The summed E-state index contributed by atoms with van der Waals surface area (Å²) in [4.78, 5) is 17.9. The number of nitrogens with zero attached hydrogens (tertiary/aromatic N) is 2. The molecule has 5 nitrogen and oxygen atoms in total. The van der Waals surface area contributed by atoms with Gasteiger partial charge in [0, 0.05) is 24.4 Å². The van der Waals surface area contributed by atoms with Crippen molar-refractivity contribution in [3.8, 4) is 0 Å². The molecule has 1 aromatic heterocycles. The summed E-state index contributed by atoms with van der Waals surface area (Å²) in [6.07, 6.45) is 1.66. The number of nitrogens with two attached hydrogens (primary N) is 1. The second-order valence-electron chi connectivity index (χ2n) is 4.85. The number of carbonyl (C=O) groups is 1. The highest BCUT2D eigenvalue weighted by Gasteiger charge is 2.43. The number of aromatic nitrogens is 1. The fraction of sp³-hybridized carbons (Fsp3) is 0.636. The number of rotatable bonds is 1. The minimum atomic E-state index is -0.238. The monoisotopic (exact) mass is 253 g/mol. The molecule has 0 bridgehead atoms. The molecule has 3 unspecified atom stereocenters. The number of aliphatic hydroxyl groups is 1. The maximum Gasteiger partial charge on any atom is 0.273 e. The van der Waals surface area contributed by atoms with Crippen LogP contribution in [0.5, 0.6) is 0 Å². The zero-order valence-electron chi connectivity index (χ0n) is 9.37. The molecule has 1 aromatic rings. The van der Waals surface area contributed by atoms with Crippen molar-refractivity contribution >= 4 is 22.4 Å². The molecule has 3 N–H and O–H groups in total. The number of nitrogen functional groups attached to an aromatic ring is 1. The summed E-state index contributed by atoms with van der Waals surface area (Å²) in [6.45, 7) is 1.40. The second kappa shape index (κ2) is 3.96. The van der Waals surface area contributed by atoms with Gasteiger partial charge >= 0.3 is 0 Å². The van der Waals surface area contributed by atoms with Crippen LogP contribution in [0.4, 0.5) is 5.13 Å². The van der Waals surface area contributed by atoms with Crippen LogP contribution in [0.25, 0.3) is 0 Å². The van der Waals surface area contributed by atoms with E-state index < -0.39 is 0 Å². The van der Waals surface area contributed by atoms with E-state index in [0.717, 1.165) is 19.4 Å². The van der Waals surface area contributed by atoms with Crippen molar-refractivity contribution in [1.82, 2.24) is 9.88 Å². The molecule has 6 heteroatoms. The number of hydrogen-bond donors (Lipinski definition) is 2. The summed E-state index contributed by atoms with van der Waals surface area (Å²) >= 11 is 1.28. The molecular weight excluding hydrogens is 238 g/mol. The van der Waals surface area contributed by atoms with Crippen LogP contribution in [0.1, 0.15) is 23.3 Å². The van der Waals surface area contributed by atoms with Crippen molar-refractivity contribution in [1.29, 1.82) is 0 Å². The van der Waals surface area contributed by atoms with E-state index in [1.165, 1.54) is 11.3 Å². The lowest BCUT2D eigenvalue weighted by Crippen LogP contribution is -2.31. The van der Waals surface area contributed by atoms with E-state index in [1.54, 1.807) is 10.3 Å². The topological polar surface area (TPSA) is 79.5 Å². The second-order valence-corrected chi connectivity index (χ2v) is 5.74. The van der Waals surface area contributed by atoms with Crippen LogP contribution in [-0.2, 0) is 0 Å². The maximum absolute atomic E-state index is 12.1. The van der Waals surface area contributed by atoms with Gasteiger partial charge in [-0.1, -0.05) is 0 Å². The van der Waals surface area contributed by atoms with Crippen molar-refractivity contribution in [2.75, 3.05) is 18.8 Å². The van der Waals surface area contributed by atoms with E-state index >= 15 is 0 Å². The standard InChI is InChI=1S/C11H15N3O2S/c12-11-13-8(5-17-11)10(16)14-3-6-1-2-9(15)7(6)4-14/h5-7,9,15H,1-4H2,(H2,12,13). The molecule has 2 aliphatic rings. The number of fused-ring (bicyclic) bond motifs is 1. The predicted octanol–water partition coefficient (Wildman–Crippen LogP) is 0.568. The highest BCUT2D eigenvalue weighted by atomic mass is 32.1. The summed E-state index contributed by atoms with van der Waals surface area (Å²) in [5.74, 6) is 0.666. The van der Waals surface area contributed by atoms with E-state index in [4.69, 9.17) is 5.73 Å². The van der Waals surface area contributed by atoms with Gasteiger partial charge in [-0.2, -0.15) is 0 Å². The molecule has 17 heavy (non-hydrogen) atoms. The third kappa shape index (κ3) is 1.81. The van der Waals surface area contributed by atoms with Crippen LogP contribution in [-0.4, -0.2) is 40.1 Å². The first-order valence-corrected chi connectivity index (χ1v) is 6.71. The number of anilines is 1. The molecule has 3 rings (SSSR count). The van der Waals surface area contributed by atoms with Gasteiger partial charge in [-0.15, -0.1) is 11.3 Å². The maximum atomic E-state index is 12.1. The molecule has 0 radical (unpaired) electrons. The zero-order valence-corrected chi connectivity index (χ0v) is 10.2. The van der Waals surface area contributed by atoms with Gasteiger partial charge in [0.2, 0.25) is 0 Å². The molecule has 3 atom stereocenters. The van der Waals surface area contributed by atoms with Gasteiger partial charge in [-0.3, -0.25) is 4.79 Å². The molecule has 1 aliphatic carbocycles. The Balaban J connectivity index is 1.73. The molecule has 2 heterocycles. The van der Waals surface area contributed by atoms with Gasteiger partial charge in [0.05, 0.1) is 6.10 Å². The van der Waals surface area contributed by atoms with Gasteiger partial charge in [0.25, 0.3) is 5.91 Å². The van der Waals surface area contributed by atoms with E-state index in [1.807, 2.05) is 0 Å². The highest BCUT2D eigenvalue weighted by Crippen LogP contribution is 2.38. The first kappa shape index (κ1) is 11.0. The predicted molar refractivity (Wildman–Crippen MR) is 64.7 cm³/mol. The number of likely N-dealkylation sites (tertiary alicyclic amines) is 1. The normalized spacial score (nSPS) is 31.8. The van der Waals surface area contributed by atoms with Gasteiger partial charge in [-0.05, 0) is 18.8 Å². The van der Waals surface area contributed by atoms with Crippen LogP contribution in [0, 0.1) is 11.8 Å². The fourth-order valence-corrected chi connectivity index (χ4v) is 3.49. The van der Waals surface area contributed by atoms with Crippen molar-refractivity contribution in [2.24, 2.45) is 11.8 Å². The van der Waals surface area contributed by atoms with Crippen LogP contribution in [0.3, 0.4) is 0 Å². The van der Waals surface area contributed by atoms with Crippen LogP contribution in [0.2, 0.25) is 0 Å². The summed E-state index contributed by atoms with van der Waals surface area (Å²) in [6, 6.07) is 0. The molecule has 1 saturated carbocycles. The molecule has 0 aromatic carbocycles. The third-order valence-corrected chi connectivity index (χ3v) is 4.52. The Morgan fingerprint density at radius 3 is 3.00 bits per heavy atom. The van der Waals surface area contributed by atoms with Crippen molar-refractivity contribution < 1.29 is 9.90 Å². The van der Waals surface area contributed by atoms with Gasteiger partial charge < -0.3 is 15.7 Å². The third-order valence-electron chi connectivity index (χ3n) is 3.85. The van der Waals surface area contributed by atoms with Gasteiger partial charge in [0.1, 0.15) is 5.69 Å². The summed E-state index contributed by atoms with van der Waals surface area (Å²) in [7, 11) is 0. The largest absolute Gasteiger partial charge is 0.393 e. The van der Waals surface area contributed by atoms with E-state index in [2.05, 4.69) is 4.98 Å². The summed E-state index contributed by atoms with van der Waals surface area (Å²) in [5, 5.41) is 11.9. The number of carbonyl (C=O) groups excluding carboxylic acids is 1. The lowest BCUT2D eigenvalue weighted by molar-refractivity contribution is 0.0747. The smallest absolute Gasteiger partial charge is 0.273 e. The number of thiazole rings is 1. The zero-order chi connectivity index (χ0) is 12.0. The molecule has 1 aliphatic heterocycles. The van der Waals surface area contributed by atoms with Crippen molar-refractivity contribution in [2.45, 2.75) is 18.9 Å². The lowest BCUT2D eigenvalue weighted by Gasteiger charge is -2.17. The van der Waals surface area contributed by atoms with Crippen LogP contribution < -0.4 is 5.73 Å². The first-order chi connectivity index (χ1) is 8.15. The average Bonchev–Trinajstić information content (AvgIpc) is 2.96. The Hall–Kier alpha value is -1.14. The minimum Gasteiger partial charge on any atom is -0.393 e. The van der Waals surface area contributed by atoms with Crippen LogP contribution in [0.15, 0.2) is 5.38 Å². The Labute approximate surface area is 103 Å². The molecule has 1 saturated heterocycles. The minimum absolute atomic E-state index is 0.0560. The summed E-state index contributed by atoms with van der Waals surface area (Å²) < 4.78 is 0. The Morgan fingerprint density at radius 1 is 1.53 bits per heavy atom. The number of hydrogen-bond acceptors (Lipinski definition) is 5. The van der Waals surface area contributed by atoms with Gasteiger partial charge in [0.15, 0.2) is 5.13 Å². The van der Waals surface area contributed by atoms with Crippen molar-refractivity contribution in [3.63, 3.8) is 0 Å². The van der Waals surface area contributed by atoms with Crippen LogP contribution >= 0.6 is 11.3 Å². The highest BCUT2D eigenvalue weighted by molar-refractivity contribution is 7.13. The molecule has 0 spiro atoms. The van der Waals surface area contributed by atoms with E-state index in [-0.39, 0.29) is 17.9 Å².